The van der Waals surface area contributed by atoms with Crippen LogP contribution in [0.15, 0.2) is 80.0 Å². The number of rotatable bonds is 7. The Bertz CT molecular complexity index is 1610. The molecule has 1 amide bonds. The summed E-state index contributed by atoms with van der Waals surface area (Å²) in [5.41, 5.74) is 0.785. The number of nitrogens with one attached hydrogen (secondary N) is 2. The number of nitrogens with zero attached hydrogens (tertiary/aromatic N) is 2. The number of sulfonamides is 2. The lowest BCUT2D eigenvalue weighted by Crippen LogP contribution is -2.36. The number of thiazole rings is 1. The molecule has 0 unspecified atom stereocenters. The summed E-state index contributed by atoms with van der Waals surface area (Å²) in [6, 6.07) is 13.4. The van der Waals surface area contributed by atoms with Crippen LogP contribution in [-0.2, 0) is 20.0 Å². The van der Waals surface area contributed by atoms with Crippen LogP contribution in [0.5, 0.6) is 0 Å². The summed E-state index contributed by atoms with van der Waals surface area (Å²) < 4.78 is 54.5. The molecule has 4 aromatic heterocycles. The third-order valence-electron chi connectivity index (χ3n) is 4.58. The fourth-order valence-electron chi connectivity index (χ4n) is 3.11. The van der Waals surface area contributed by atoms with E-state index >= 15 is 0 Å². The highest BCUT2D eigenvalue weighted by molar-refractivity contribution is 8.11. The largest absolute Gasteiger partial charge is 0.357 e. The number of hydrogen-bond acceptors (Lipinski definition) is 9. The van der Waals surface area contributed by atoms with Crippen LogP contribution in [0.3, 0.4) is 0 Å². The first kappa shape index (κ1) is 25.3. The number of aromatic amines is 1. The number of anilines is 2. The number of carbonyl (C=O) groups excluding carboxylic acids is 1. The predicted octanol–water partition coefficient (Wildman–Crippen LogP) is 5.01. The van der Waals surface area contributed by atoms with Gasteiger partial charge < -0.3 is 4.98 Å². The average molecular weight is 587 g/mol. The van der Waals surface area contributed by atoms with E-state index in [4.69, 9.17) is 0 Å². The highest BCUT2D eigenvalue weighted by Crippen LogP contribution is 2.37. The molecule has 1 aromatic carbocycles. The second-order valence-corrected chi connectivity index (χ2v) is 14.0. The van der Waals surface area contributed by atoms with Crippen molar-refractivity contribution in [2.75, 3.05) is 9.03 Å². The van der Waals surface area contributed by atoms with Crippen molar-refractivity contribution in [2.24, 2.45) is 0 Å². The fourth-order valence-corrected chi connectivity index (χ4v) is 10.1. The number of halogens is 1. The van der Waals surface area contributed by atoms with E-state index in [1.165, 1.54) is 30.3 Å². The summed E-state index contributed by atoms with van der Waals surface area (Å²) in [5, 5.41) is 6.10. The quantitative estimate of drug-likeness (QED) is 0.276. The lowest BCUT2D eigenvalue weighted by molar-refractivity contribution is 0.102. The van der Waals surface area contributed by atoms with Gasteiger partial charge in [-0.3, -0.25) is 10.1 Å². The third-order valence-corrected chi connectivity index (χ3v) is 12.4. The van der Waals surface area contributed by atoms with E-state index < -0.39 is 20.0 Å². The Labute approximate surface area is 218 Å². The Morgan fingerprint density at radius 2 is 1.57 bits per heavy atom. The van der Waals surface area contributed by atoms with Gasteiger partial charge in [-0.1, -0.05) is 23.5 Å². The molecule has 0 radical (unpaired) electrons. The zero-order valence-electron chi connectivity index (χ0n) is 17.3. The molecule has 0 bridgehead atoms. The first-order valence-corrected chi connectivity index (χ1v) is 15.0. The minimum atomic E-state index is -4.42. The van der Waals surface area contributed by atoms with Crippen molar-refractivity contribution in [3.63, 3.8) is 0 Å². The molecule has 0 aliphatic rings. The van der Waals surface area contributed by atoms with Gasteiger partial charge in [0.1, 0.15) is 14.1 Å². The maximum atomic E-state index is 13.4. The van der Waals surface area contributed by atoms with Gasteiger partial charge in [0.15, 0.2) is 5.13 Å². The summed E-state index contributed by atoms with van der Waals surface area (Å²) in [6.45, 7) is 0. The third kappa shape index (κ3) is 4.72. The minimum Gasteiger partial charge on any atom is -0.357 e. The average Bonchev–Trinajstić information content (AvgIpc) is 3.61. The molecule has 0 atom stereocenters. The summed E-state index contributed by atoms with van der Waals surface area (Å²) >= 11 is 2.96. The Balaban J connectivity index is 0.00000289. The van der Waals surface area contributed by atoms with Gasteiger partial charge in [-0.05, 0) is 53.2 Å². The van der Waals surface area contributed by atoms with Crippen LogP contribution >= 0.6 is 46.4 Å². The molecular formula is C20H15ClN4O5S5. The smallest absolute Gasteiger partial charge is 0.287 e. The van der Waals surface area contributed by atoms with Gasteiger partial charge in [-0.25, -0.2) is 4.98 Å². The molecule has 15 heteroatoms. The van der Waals surface area contributed by atoms with Crippen LogP contribution in [0.2, 0.25) is 0 Å². The molecule has 0 aliphatic carbocycles. The van der Waals surface area contributed by atoms with Gasteiger partial charge in [0.05, 0.1) is 15.9 Å². The molecule has 0 fully saturated rings. The van der Waals surface area contributed by atoms with Crippen molar-refractivity contribution in [3.05, 3.63) is 77.2 Å². The second-order valence-electron chi connectivity index (χ2n) is 6.78. The van der Waals surface area contributed by atoms with Crippen LogP contribution < -0.4 is 9.03 Å². The van der Waals surface area contributed by atoms with Gasteiger partial charge in [-0.15, -0.1) is 35.1 Å². The number of thiophene rings is 2. The number of hydrogen-bond donors (Lipinski definition) is 2. The van der Waals surface area contributed by atoms with Crippen molar-refractivity contribution >= 4 is 93.4 Å². The summed E-state index contributed by atoms with van der Waals surface area (Å²) in [6.07, 6.45) is 1.62. The molecule has 182 valence electrons. The van der Waals surface area contributed by atoms with Crippen molar-refractivity contribution in [1.82, 2.24) is 9.97 Å². The van der Waals surface area contributed by atoms with E-state index in [2.05, 4.69) is 15.3 Å². The topological polar surface area (TPSA) is 129 Å². The van der Waals surface area contributed by atoms with E-state index in [9.17, 15) is 21.6 Å². The molecule has 35 heavy (non-hydrogen) atoms. The van der Waals surface area contributed by atoms with E-state index in [0.717, 1.165) is 34.0 Å². The second kappa shape index (κ2) is 9.72. The number of aromatic nitrogens is 2. The standard InChI is InChI=1S/C20H14N4O5S5.ClH/c25-19(15-4-1-9-21-15)23-20-22-14-8-7-13(12-16(14)32-20)24(33(26,27)17-5-2-10-30-17)34(28,29)18-6-3-11-31-18;/h1-12,21H,(H,22,23,25);1H. The zero-order chi connectivity index (χ0) is 23.9. The Morgan fingerprint density at radius 1 is 0.914 bits per heavy atom. The minimum absolute atomic E-state index is 0. The predicted molar refractivity (Wildman–Crippen MR) is 141 cm³/mol. The number of amides is 1. The van der Waals surface area contributed by atoms with Crippen LogP contribution in [0.25, 0.3) is 10.2 Å². The molecular weight excluding hydrogens is 572 g/mol. The van der Waals surface area contributed by atoms with Crippen LogP contribution in [0.1, 0.15) is 10.5 Å². The monoisotopic (exact) mass is 586 g/mol. The van der Waals surface area contributed by atoms with Gasteiger partial charge >= 0.3 is 0 Å². The zero-order valence-corrected chi connectivity index (χ0v) is 22.2. The molecule has 0 spiro atoms. The SMILES string of the molecule is Cl.O=C(Nc1nc2ccc(N(S(=O)(=O)c3cccs3)S(=O)(=O)c3cccs3)cc2s1)c1ccc[nH]1. The Hall–Kier alpha value is -2.75. The van der Waals surface area contributed by atoms with Crippen LogP contribution in [-0.4, -0.2) is 32.7 Å². The first-order chi connectivity index (χ1) is 16.3. The first-order valence-electron chi connectivity index (χ1n) is 9.50. The fraction of sp³-hybridized carbons (Fsp3) is 0. The van der Waals surface area contributed by atoms with Crippen molar-refractivity contribution < 1.29 is 21.6 Å². The molecule has 9 nitrogen and oxygen atoms in total. The van der Waals surface area contributed by atoms with Gasteiger partial charge in [0.25, 0.3) is 26.0 Å². The summed E-state index contributed by atoms with van der Waals surface area (Å²) in [7, 11) is -8.85. The number of H-pyrrole nitrogens is 1. The van der Waals surface area contributed by atoms with Crippen molar-refractivity contribution in [1.29, 1.82) is 0 Å². The maximum absolute atomic E-state index is 13.4. The normalized spacial score (nSPS) is 11.8. The molecule has 2 N–H and O–H groups in total. The van der Waals surface area contributed by atoms with Crippen LogP contribution in [0.4, 0.5) is 10.8 Å². The van der Waals surface area contributed by atoms with Gasteiger partial charge in [0, 0.05) is 6.20 Å². The lowest BCUT2D eigenvalue weighted by atomic mass is 10.3. The van der Waals surface area contributed by atoms with Crippen molar-refractivity contribution in [2.45, 2.75) is 8.42 Å². The Kier molecular flexibility index (Phi) is 7.04. The van der Waals surface area contributed by atoms with Gasteiger partial charge in [-0.2, -0.15) is 20.5 Å². The van der Waals surface area contributed by atoms with E-state index in [0.29, 0.717) is 24.8 Å². The molecule has 4 heterocycles. The number of benzene rings is 1. The molecule has 0 aliphatic heterocycles. The van der Waals surface area contributed by atoms with E-state index in [1.54, 1.807) is 41.2 Å². The summed E-state index contributed by atoms with van der Waals surface area (Å²) in [4.78, 5) is 19.5. The maximum Gasteiger partial charge on any atom is 0.287 e. The molecule has 0 saturated carbocycles. The molecule has 0 saturated heterocycles. The van der Waals surface area contributed by atoms with Gasteiger partial charge in [0.2, 0.25) is 0 Å². The molecule has 5 rings (SSSR count). The van der Waals surface area contributed by atoms with Crippen LogP contribution in [0, 0.1) is 0 Å². The highest BCUT2D eigenvalue weighted by Gasteiger charge is 2.38. The lowest BCUT2D eigenvalue weighted by Gasteiger charge is -2.22. The summed E-state index contributed by atoms with van der Waals surface area (Å²) in [5.74, 6) is -0.383. The van der Waals surface area contributed by atoms with E-state index in [1.807, 2.05) is 0 Å². The molecule has 5 aromatic rings. The number of fused-ring (bicyclic) bond motifs is 1. The van der Waals surface area contributed by atoms with E-state index in [-0.39, 0.29) is 32.4 Å². The van der Waals surface area contributed by atoms with Crippen molar-refractivity contribution in [3.8, 4) is 0 Å². The Morgan fingerprint density at radius 3 is 2.11 bits per heavy atom. The highest BCUT2D eigenvalue weighted by atomic mass is 35.5. The number of carbonyl (C=O) groups is 1.